The van der Waals surface area contributed by atoms with Crippen molar-refractivity contribution < 1.29 is 4.74 Å². The zero-order valence-electron chi connectivity index (χ0n) is 6.75. The minimum absolute atomic E-state index is 0.125. The summed E-state index contributed by atoms with van der Waals surface area (Å²) in [6.07, 6.45) is 0. The summed E-state index contributed by atoms with van der Waals surface area (Å²) in [5, 5.41) is 0. The van der Waals surface area contributed by atoms with Crippen LogP contribution in [0.5, 0.6) is 0 Å². The van der Waals surface area contributed by atoms with Crippen molar-refractivity contribution in [1.82, 2.24) is 0 Å². The second-order valence-corrected chi connectivity index (χ2v) is 4.42. The molecule has 0 bridgehead atoms. The summed E-state index contributed by atoms with van der Waals surface area (Å²) in [7, 11) is 0. The summed E-state index contributed by atoms with van der Waals surface area (Å²) in [4.78, 5) is 0. The summed E-state index contributed by atoms with van der Waals surface area (Å²) in [6, 6.07) is 8.64. The molecule has 1 unspecified atom stereocenters. The fraction of sp³-hybridized carbons (Fsp3) is 0.400. The van der Waals surface area contributed by atoms with E-state index < -0.39 is 0 Å². The Labute approximate surface area is 76.1 Å². The molecule has 0 saturated carbocycles. The van der Waals surface area contributed by atoms with E-state index in [2.05, 4.69) is 24.3 Å². The molecule has 1 saturated heterocycles. The van der Waals surface area contributed by atoms with Crippen LogP contribution in [0, 0.1) is 0 Å². The van der Waals surface area contributed by atoms with Gasteiger partial charge in [-0.15, -0.1) is 0 Å². The summed E-state index contributed by atoms with van der Waals surface area (Å²) in [5.41, 5.74) is 3.02. The van der Waals surface area contributed by atoms with E-state index in [0.717, 1.165) is 18.1 Å². The van der Waals surface area contributed by atoms with Gasteiger partial charge in [-0.3, -0.25) is 0 Å². The van der Waals surface area contributed by atoms with Gasteiger partial charge in [0.2, 0.25) is 0 Å². The van der Waals surface area contributed by atoms with Crippen molar-refractivity contribution in [1.29, 1.82) is 0 Å². The van der Waals surface area contributed by atoms with Gasteiger partial charge in [-0.2, -0.15) is 11.8 Å². The van der Waals surface area contributed by atoms with Crippen LogP contribution in [0.3, 0.4) is 0 Å². The smallest absolute Gasteiger partial charge is 0.126 e. The number of hydrogen-bond donors (Lipinski definition) is 0. The van der Waals surface area contributed by atoms with E-state index in [9.17, 15) is 0 Å². The van der Waals surface area contributed by atoms with E-state index in [1.807, 2.05) is 11.8 Å². The third kappa shape index (κ3) is 0.852. The van der Waals surface area contributed by atoms with Crippen molar-refractivity contribution in [3.8, 4) is 0 Å². The van der Waals surface area contributed by atoms with Crippen LogP contribution in [0.4, 0.5) is 0 Å². The maximum atomic E-state index is 5.54. The molecule has 2 aliphatic rings. The van der Waals surface area contributed by atoms with Crippen LogP contribution in [0.2, 0.25) is 0 Å². The van der Waals surface area contributed by atoms with Gasteiger partial charge in [0, 0.05) is 11.5 Å². The minimum atomic E-state index is 0.125. The molecule has 3 rings (SSSR count). The molecule has 1 aromatic carbocycles. The Kier molecular flexibility index (Phi) is 1.32. The zero-order chi connectivity index (χ0) is 8.02. The average Bonchev–Trinajstić information content (AvgIpc) is 2.87. The van der Waals surface area contributed by atoms with Gasteiger partial charge in [0.15, 0.2) is 0 Å². The molecular weight excluding hydrogens is 168 g/mol. The first-order chi connectivity index (χ1) is 5.91. The van der Waals surface area contributed by atoms with Gasteiger partial charge in [0.25, 0.3) is 0 Å². The molecule has 0 radical (unpaired) electrons. The molecule has 62 valence electrons. The predicted molar refractivity (Wildman–Crippen MR) is 50.2 cm³/mol. The Morgan fingerprint density at radius 2 is 2.17 bits per heavy atom. The summed E-state index contributed by atoms with van der Waals surface area (Å²) in [6.45, 7) is 0.928. The molecule has 1 spiro atoms. The predicted octanol–water partition coefficient (Wildman–Crippen LogP) is 2.16. The Morgan fingerprint density at radius 1 is 1.33 bits per heavy atom. The molecule has 2 heteroatoms. The maximum absolute atomic E-state index is 5.54. The number of epoxide rings is 1. The lowest BCUT2D eigenvalue weighted by atomic mass is 9.96. The lowest BCUT2D eigenvalue weighted by molar-refractivity contribution is 0.331. The number of rotatable bonds is 0. The van der Waals surface area contributed by atoms with Crippen molar-refractivity contribution >= 4 is 11.8 Å². The molecular formula is C10H10OS. The molecule has 0 aliphatic carbocycles. The van der Waals surface area contributed by atoms with Gasteiger partial charge >= 0.3 is 0 Å². The first kappa shape index (κ1) is 6.98. The first-order valence-corrected chi connectivity index (χ1v) is 5.36. The summed E-state index contributed by atoms with van der Waals surface area (Å²) in [5.74, 6) is 2.30. The largest absolute Gasteiger partial charge is 0.364 e. The van der Waals surface area contributed by atoms with Crippen LogP contribution in [-0.4, -0.2) is 12.4 Å². The maximum Gasteiger partial charge on any atom is 0.126 e. The van der Waals surface area contributed by atoms with Crippen LogP contribution >= 0.6 is 11.8 Å². The van der Waals surface area contributed by atoms with Gasteiger partial charge < -0.3 is 4.74 Å². The molecule has 0 aromatic heterocycles. The Hall–Kier alpha value is -0.470. The average molecular weight is 178 g/mol. The third-order valence-electron chi connectivity index (χ3n) is 2.59. The molecule has 1 nitrogen and oxygen atoms in total. The molecule has 0 N–H and O–H groups in total. The monoisotopic (exact) mass is 178 g/mol. The van der Waals surface area contributed by atoms with Gasteiger partial charge in [0.1, 0.15) is 5.60 Å². The van der Waals surface area contributed by atoms with E-state index in [-0.39, 0.29) is 5.60 Å². The van der Waals surface area contributed by atoms with Crippen molar-refractivity contribution in [3.05, 3.63) is 35.4 Å². The van der Waals surface area contributed by atoms with Gasteiger partial charge in [-0.25, -0.2) is 0 Å². The van der Waals surface area contributed by atoms with Crippen LogP contribution < -0.4 is 0 Å². The highest BCUT2D eigenvalue weighted by Crippen LogP contribution is 2.47. The van der Waals surface area contributed by atoms with E-state index in [4.69, 9.17) is 4.74 Å². The van der Waals surface area contributed by atoms with Crippen LogP contribution in [0.1, 0.15) is 11.1 Å². The quantitative estimate of drug-likeness (QED) is 0.564. The van der Waals surface area contributed by atoms with Crippen molar-refractivity contribution in [2.75, 3.05) is 12.4 Å². The molecule has 1 atom stereocenters. The van der Waals surface area contributed by atoms with E-state index in [0.29, 0.717) is 0 Å². The lowest BCUT2D eigenvalue weighted by Gasteiger charge is -2.21. The first-order valence-electron chi connectivity index (χ1n) is 4.21. The fourth-order valence-electron chi connectivity index (χ4n) is 1.82. The summed E-state index contributed by atoms with van der Waals surface area (Å²) >= 11 is 1.98. The second kappa shape index (κ2) is 2.27. The normalized spacial score (nSPS) is 31.7. The van der Waals surface area contributed by atoms with Crippen LogP contribution in [-0.2, 0) is 16.1 Å². The number of thioether (sulfide) groups is 1. The second-order valence-electron chi connectivity index (χ2n) is 3.43. The molecule has 2 aliphatic heterocycles. The van der Waals surface area contributed by atoms with Crippen LogP contribution in [0.15, 0.2) is 24.3 Å². The standard InChI is InChI=1S/C10H10OS/c1-2-4-9-8(3-1)5-12-7-10(9)6-11-10/h1-4H,5-7H2. The Bertz CT molecular complexity index is 317. The number of fused-ring (bicyclic) bond motifs is 2. The molecule has 1 fully saturated rings. The summed E-state index contributed by atoms with van der Waals surface area (Å²) < 4.78 is 5.54. The molecule has 0 amide bonds. The van der Waals surface area contributed by atoms with Gasteiger partial charge in [-0.05, 0) is 11.1 Å². The highest BCUT2D eigenvalue weighted by molar-refractivity contribution is 7.98. The van der Waals surface area contributed by atoms with Gasteiger partial charge in [0.05, 0.1) is 6.61 Å². The van der Waals surface area contributed by atoms with Crippen LogP contribution in [0.25, 0.3) is 0 Å². The highest BCUT2D eigenvalue weighted by atomic mass is 32.2. The Balaban J connectivity index is 2.16. The number of hydrogen-bond acceptors (Lipinski definition) is 2. The number of ether oxygens (including phenoxy) is 1. The third-order valence-corrected chi connectivity index (χ3v) is 3.78. The molecule has 1 aromatic rings. The molecule has 12 heavy (non-hydrogen) atoms. The zero-order valence-corrected chi connectivity index (χ0v) is 7.56. The Morgan fingerprint density at radius 3 is 3.00 bits per heavy atom. The van der Waals surface area contributed by atoms with Crippen molar-refractivity contribution in [2.45, 2.75) is 11.4 Å². The number of benzene rings is 1. The minimum Gasteiger partial charge on any atom is -0.364 e. The fourth-order valence-corrected chi connectivity index (χ4v) is 3.05. The lowest BCUT2D eigenvalue weighted by Crippen LogP contribution is -2.18. The van der Waals surface area contributed by atoms with Crippen molar-refractivity contribution in [3.63, 3.8) is 0 Å². The highest BCUT2D eigenvalue weighted by Gasteiger charge is 2.49. The van der Waals surface area contributed by atoms with Crippen molar-refractivity contribution in [2.24, 2.45) is 0 Å². The SMILES string of the molecule is c1ccc2c(c1)CSCC21CO1. The van der Waals surface area contributed by atoms with Gasteiger partial charge in [-0.1, -0.05) is 24.3 Å². The van der Waals surface area contributed by atoms with E-state index in [1.54, 1.807) is 0 Å². The molecule has 2 heterocycles. The van der Waals surface area contributed by atoms with E-state index in [1.165, 1.54) is 11.1 Å². The van der Waals surface area contributed by atoms with E-state index >= 15 is 0 Å². The topological polar surface area (TPSA) is 12.5 Å².